The van der Waals surface area contributed by atoms with Gasteiger partial charge in [0.15, 0.2) is 0 Å². The Hall–Kier alpha value is -2.14. The Morgan fingerprint density at radius 2 is 2.05 bits per heavy atom. The molecule has 1 aromatic heterocycles. The lowest BCUT2D eigenvalue weighted by molar-refractivity contribution is 0.0950. The third-order valence-corrected chi connectivity index (χ3v) is 2.88. The van der Waals surface area contributed by atoms with Gasteiger partial charge in [0.1, 0.15) is 5.56 Å². The van der Waals surface area contributed by atoms with E-state index in [1.807, 2.05) is 31.1 Å². The van der Waals surface area contributed by atoms with Crippen molar-refractivity contribution in [3.8, 4) is 0 Å². The zero-order valence-corrected chi connectivity index (χ0v) is 11.1. The minimum absolute atomic E-state index is 0.150. The average Bonchev–Trinajstić information content (AvgIpc) is 2.39. The molecule has 0 saturated heterocycles. The van der Waals surface area contributed by atoms with Gasteiger partial charge in [-0.05, 0) is 26.2 Å². The highest BCUT2D eigenvalue weighted by atomic mass is 16.2. The van der Waals surface area contributed by atoms with Crippen LogP contribution < -0.4 is 10.7 Å². The first-order chi connectivity index (χ1) is 9.09. The second-order valence-electron chi connectivity index (χ2n) is 4.64. The molecule has 2 N–H and O–H groups in total. The lowest BCUT2D eigenvalue weighted by Crippen LogP contribution is -2.34. The molecule has 5 heteroatoms. The molecule has 100 valence electrons. The summed E-state index contributed by atoms with van der Waals surface area (Å²) in [6.45, 7) is 1.25. The average molecular weight is 259 g/mol. The van der Waals surface area contributed by atoms with Gasteiger partial charge in [-0.2, -0.15) is 0 Å². The molecule has 0 radical (unpaired) electrons. The van der Waals surface area contributed by atoms with Crippen molar-refractivity contribution in [2.75, 3.05) is 27.2 Å². The van der Waals surface area contributed by atoms with Crippen molar-refractivity contribution in [1.82, 2.24) is 15.2 Å². The number of nitrogens with zero attached hydrogens (tertiary/aromatic N) is 1. The van der Waals surface area contributed by atoms with Crippen LogP contribution >= 0.6 is 0 Å². The lowest BCUT2D eigenvalue weighted by atomic mass is 10.1. The predicted octanol–water partition coefficient (Wildman–Crippen LogP) is 0.820. The Morgan fingerprint density at radius 1 is 1.32 bits per heavy atom. The number of rotatable bonds is 4. The van der Waals surface area contributed by atoms with Gasteiger partial charge in [0.25, 0.3) is 5.91 Å². The highest BCUT2D eigenvalue weighted by Gasteiger charge is 2.11. The van der Waals surface area contributed by atoms with E-state index in [0.717, 1.165) is 12.1 Å². The van der Waals surface area contributed by atoms with E-state index in [4.69, 9.17) is 0 Å². The smallest absolute Gasteiger partial charge is 0.256 e. The highest BCUT2D eigenvalue weighted by Crippen LogP contribution is 2.06. The Kier molecular flexibility index (Phi) is 3.97. The van der Waals surface area contributed by atoms with E-state index in [1.54, 1.807) is 12.1 Å². The molecule has 1 amide bonds. The van der Waals surface area contributed by atoms with Gasteiger partial charge < -0.3 is 15.2 Å². The van der Waals surface area contributed by atoms with E-state index in [2.05, 4.69) is 10.3 Å². The van der Waals surface area contributed by atoms with Crippen LogP contribution in [0.15, 0.2) is 35.3 Å². The SMILES string of the molecule is CN(C)CCNC(=O)c1c[nH]c2ccccc2c1=O. The third-order valence-electron chi connectivity index (χ3n) is 2.88. The summed E-state index contributed by atoms with van der Waals surface area (Å²) in [7, 11) is 3.85. The highest BCUT2D eigenvalue weighted by molar-refractivity contribution is 5.97. The van der Waals surface area contributed by atoms with E-state index in [0.29, 0.717) is 11.9 Å². The molecule has 19 heavy (non-hydrogen) atoms. The normalized spacial score (nSPS) is 10.9. The fourth-order valence-corrected chi connectivity index (χ4v) is 1.82. The van der Waals surface area contributed by atoms with Crippen LogP contribution in [0.4, 0.5) is 0 Å². The van der Waals surface area contributed by atoms with Gasteiger partial charge in [0.05, 0.1) is 0 Å². The molecule has 0 bridgehead atoms. The summed E-state index contributed by atoms with van der Waals surface area (Å²) in [6, 6.07) is 7.15. The summed E-state index contributed by atoms with van der Waals surface area (Å²) in [4.78, 5) is 29.0. The Labute approximate surface area is 111 Å². The van der Waals surface area contributed by atoms with Gasteiger partial charge in [-0.25, -0.2) is 0 Å². The monoisotopic (exact) mass is 259 g/mol. The summed E-state index contributed by atoms with van der Waals surface area (Å²) in [5, 5.41) is 3.27. The van der Waals surface area contributed by atoms with E-state index in [1.165, 1.54) is 6.20 Å². The van der Waals surface area contributed by atoms with Crippen molar-refractivity contribution in [2.24, 2.45) is 0 Å². The maximum absolute atomic E-state index is 12.2. The van der Waals surface area contributed by atoms with Crippen molar-refractivity contribution < 1.29 is 4.79 Å². The zero-order valence-electron chi connectivity index (χ0n) is 11.1. The number of aromatic amines is 1. The van der Waals surface area contributed by atoms with E-state index < -0.39 is 0 Å². The first-order valence-corrected chi connectivity index (χ1v) is 6.13. The van der Waals surface area contributed by atoms with Crippen molar-refractivity contribution >= 4 is 16.8 Å². The number of para-hydroxylation sites is 1. The summed E-state index contributed by atoms with van der Waals surface area (Å²) in [5.74, 6) is -0.339. The molecule has 0 atom stereocenters. The quantitative estimate of drug-likeness (QED) is 0.854. The number of carbonyl (C=O) groups is 1. The zero-order chi connectivity index (χ0) is 13.8. The van der Waals surface area contributed by atoms with Gasteiger partial charge in [-0.15, -0.1) is 0 Å². The van der Waals surface area contributed by atoms with Crippen LogP contribution in [0.5, 0.6) is 0 Å². The summed E-state index contributed by atoms with van der Waals surface area (Å²) >= 11 is 0. The molecule has 1 heterocycles. The molecule has 0 saturated carbocycles. The number of hydrogen-bond acceptors (Lipinski definition) is 3. The standard InChI is InChI=1S/C14H17N3O2/c1-17(2)8-7-15-14(19)11-9-16-12-6-4-3-5-10(12)13(11)18/h3-6,9H,7-8H2,1-2H3,(H,15,19)(H,16,18). The number of fused-ring (bicyclic) bond motifs is 1. The molecule has 0 spiro atoms. The molecular formula is C14H17N3O2. The molecule has 2 rings (SSSR count). The molecule has 0 fully saturated rings. The van der Waals surface area contributed by atoms with Crippen LogP contribution in [0.25, 0.3) is 10.9 Å². The number of aromatic nitrogens is 1. The van der Waals surface area contributed by atoms with Crippen molar-refractivity contribution in [2.45, 2.75) is 0 Å². The second kappa shape index (κ2) is 5.67. The maximum atomic E-state index is 12.2. The van der Waals surface area contributed by atoms with Gasteiger partial charge in [-0.3, -0.25) is 9.59 Å². The van der Waals surface area contributed by atoms with Crippen LogP contribution in [-0.4, -0.2) is 43.0 Å². The lowest BCUT2D eigenvalue weighted by Gasteiger charge is -2.10. The van der Waals surface area contributed by atoms with E-state index in [9.17, 15) is 9.59 Å². The van der Waals surface area contributed by atoms with Crippen LogP contribution in [0.2, 0.25) is 0 Å². The van der Waals surface area contributed by atoms with Gasteiger partial charge in [-0.1, -0.05) is 12.1 Å². The van der Waals surface area contributed by atoms with Crippen molar-refractivity contribution in [3.63, 3.8) is 0 Å². The number of benzene rings is 1. The molecule has 0 unspecified atom stereocenters. The number of H-pyrrole nitrogens is 1. The number of amides is 1. The summed E-state index contributed by atoms with van der Waals surface area (Å²) < 4.78 is 0. The number of likely N-dealkylation sites (N-methyl/N-ethyl adjacent to an activating group) is 1. The molecule has 0 aliphatic heterocycles. The fourth-order valence-electron chi connectivity index (χ4n) is 1.82. The molecule has 0 aliphatic rings. The minimum atomic E-state index is -0.339. The van der Waals surface area contributed by atoms with Crippen molar-refractivity contribution in [3.05, 3.63) is 46.2 Å². The number of nitrogens with one attached hydrogen (secondary N) is 2. The topological polar surface area (TPSA) is 65.2 Å². The Bertz CT molecular complexity index is 646. The minimum Gasteiger partial charge on any atom is -0.360 e. The number of pyridine rings is 1. The van der Waals surface area contributed by atoms with Gasteiger partial charge in [0.2, 0.25) is 5.43 Å². The maximum Gasteiger partial charge on any atom is 0.256 e. The number of carbonyl (C=O) groups excluding carboxylic acids is 1. The third kappa shape index (κ3) is 3.00. The Balaban J connectivity index is 2.23. The first-order valence-electron chi connectivity index (χ1n) is 6.13. The molecule has 1 aromatic carbocycles. The van der Waals surface area contributed by atoms with Gasteiger partial charge >= 0.3 is 0 Å². The largest absolute Gasteiger partial charge is 0.360 e. The molecule has 5 nitrogen and oxygen atoms in total. The van der Waals surface area contributed by atoms with Crippen LogP contribution in [0, 0.1) is 0 Å². The number of hydrogen-bond donors (Lipinski definition) is 2. The molecule has 0 aliphatic carbocycles. The summed E-state index contributed by atoms with van der Waals surface area (Å²) in [6.07, 6.45) is 1.47. The van der Waals surface area contributed by atoms with Crippen LogP contribution in [-0.2, 0) is 0 Å². The van der Waals surface area contributed by atoms with Crippen molar-refractivity contribution in [1.29, 1.82) is 0 Å². The summed E-state index contributed by atoms with van der Waals surface area (Å²) in [5.41, 5.74) is 0.645. The predicted molar refractivity (Wildman–Crippen MR) is 75.5 cm³/mol. The fraction of sp³-hybridized carbons (Fsp3) is 0.286. The van der Waals surface area contributed by atoms with E-state index >= 15 is 0 Å². The first kappa shape index (κ1) is 13.3. The van der Waals surface area contributed by atoms with Crippen LogP contribution in [0.1, 0.15) is 10.4 Å². The molecular weight excluding hydrogens is 242 g/mol. The van der Waals surface area contributed by atoms with E-state index in [-0.39, 0.29) is 16.9 Å². The second-order valence-corrected chi connectivity index (χ2v) is 4.64. The molecule has 2 aromatic rings. The van der Waals surface area contributed by atoms with Crippen LogP contribution in [0.3, 0.4) is 0 Å². The Morgan fingerprint density at radius 3 is 2.79 bits per heavy atom. The van der Waals surface area contributed by atoms with Gasteiger partial charge in [0, 0.05) is 30.2 Å².